The third-order valence-electron chi connectivity index (χ3n) is 5.75. The molecule has 2 heterocycles. The monoisotopic (exact) mass is 407 g/mol. The molecule has 0 aromatic heterocycles. The molecule has 2 aromatic carbocycles. The maximum absolute atomic E-state index is 13.3. The Morgan fingerprint density at radius 2 is 1.80 bits per heavy atom. The third-order valence-corrected chi connectivity index (χ3v) is 5.75. The van der Waals surface area contributed by atoms with E-state index in [1.165, 1.54) is 6.07 Å². The van der Waals surface area contributed by atoms with Gasteiger partial charge in [-0.15, -0.1) is 0 Å². The van der Waals surface area contributed by atoms with Crippen molar-refractivity contribution >= 4 is 22.8 Å². The molecule has 0 amide bonds. The van der Waals surface area contributed by atoms with Gasteiger partial charge in [0.05, 0.1) is 34.0 Å². The van der Waals surface area contributed by atoms with Crippen molar-refractivity contribution in [3.8, 4) is 11.5 Å². The van der Waals surface area contributed by atoms with E-state index in [-0.39, 0.29) is 23.7 Å². The van der Waals surface area contributed by atoms with Crippen molar-refractivity contribution in [1.29, 1.82) is 0 Å². The summed E-state index contributed by atoms with van der Waals surface area (Å²) in [6.07, 6.45) is 1.04. The molecule has 0 saturated heterocycles. The van der Waals surface area contributed by atoms with Crippen molar-refractivity contribution in [2.45, 2.75) is 32.7 Å². The molecule has 3 aliphatic rings. The van der Waals surface area contributed by atoms with E-state index in [1.54, 1.807) is 6.07 Å². The first-order valence-corrected chi connectivity index (χ1v) is 9.79. The molecule has 1 aliphatic carbocycles. The van der Waals surface area contributed by atoms with Gasteiger partial charge in [0.1, 0.15) is 0 Å². The Balaban J connectivity index is 1.74. The summed E-state index contributed by atoms with van der Waals surface area (Å²) in [4.78, 5) is 24.7. The molecule has 5 rings (SSSR count). The Hall–Kier alpha value is -3.55. The molecule has 2 aromatic rings. The average Bonchev–Trinajstić information content (AvgIpc) is 3.06. The second-order valence-corrected chi connectivity index (χ2v) is 8.60. The minimum absolute atomic E-state index is 0.0134. The summed E-state index contributed by atoms with van der Waals surface area (Å²) in [5, 5.41) is 18.7. The number of hydrogen-bond donors (Lipinski definition) is 2. The van der Waals surface area contributed by atoms with Crippen LogP contribution in [0.15, 0.2) is 47.7 Å². The number of nitrogens with one attached hydrogen (secondary N) is 2. The lowest BCUT2D eigenvalue weighted by atomic mass is 9.73. The van der Waals surface area contributed by atoms with E-state index in [0.29, 0.717) is 35.5 Å². The van der Waals surface area contributed by atoms with Crippen LogP contribution in [0.25, 0.3) is 0 Å². The van der Waals surface area contributed by atoms with Crippen LogP contribution in [0.4, 0.5) is 17.1 Å². The maximum Gasteiger partial charge on any atom is 0.279 e. The van der Waals surface area contributed by atoms with Crippen molar-refractivity contribution in [2.24, 2.45) is 5.41 Å². The van der Waals surface area contributed by atoms with E-state index in [2.05, 4.69) is 24.5 Å². The van der Waals surface area contributed by atoms with Crippen molar-refractivity contribution < 1.29 is 19.2 Å². The molecule has 154 valence electrons. The molecule has 1 unspecified atom stereocenters. The Morgan fingerprint density at radius 3 is 2.53 bits per heavy atom. The minimum Gasteiger partial charge on any atom is -0.454 e. The summed E-state index contributed by atoms with van der Waals surface area (Å²) in [5.41, 5.74) is 3.01. The summed E-state index contributed by atoms with van der Waals surface area (Å²) in [5.74, 6) is 0.752. The van der Waals surface area contributed by atoms with E-state index >= 15 is 0 Å². The highest BCUT2D eigenvalue weighted by atomic mass is 16.7. The Labute approximate surface area is 173 Å². The highest BCUT2D eigenvalue weighted by molar-refractivity contribution is 6.01. The Bertz CT molecular complexity index is 1120. The van der Waals surface area contributed by atoms with Gasteiger partial charge in [-0.1, -0.05) is 26.0 Å². The number of fused-ring (bicyclic) bond motifs is 2. The van der Waals surface area contributed by atoms with Crippen molar-refractivity contribution in [2.75, 3.05) is 17.4 Å². The second kappa shape index (κ2) is 6.48. The van der Waals surface area contributed by atoms with Crippen LogP contribution in [0.3, 0.4) is 0 Å². The number of para-hydroxylation sites is 2. The van der Waals surface area contributed by atoms with Gasteiger partial charge in [0.2, 0.25) is 6.79 Å². The van der Waals surface area contributed by atoms with Gasteiger partial charge in [0, 0.05) is 17.7 Å². The molecule has 0 fully saturated rings. The zero-order chi connectivity index (χ0) is 21.0. The zero-order valence-corrected chi connectivity index (χ0v) is 16.7. The first-order chi connectivity index (χ1) is 14.3. The zero-order valence-electron chi connectivity index (χ0n) is 16.7. The van der Waals surface area contributed by atoms with Gasteiger partial charge < -0.3 is 20.1 Å². The number of anilines is 2. The van der Waals surface area contributed by atoms with Crippen molar-refractivity contribution in [3.05, 3.63) is 63.3 Å². The molecular weight excluding hydrogens is 386 g/mol. The fraction of sp³-hybridized carbons (Fsp3) is 0.318. The summed E-state index contributed by atoms with van der Waals surface area (Å²) in [6, 6.07) is 9.92. The lowest BCUT2D eigenvalue weighted by molar-refractivity contribution is -0.385. The predicted octanol–water partition coefficient (Wildman–Crippen LogP) is 4.55. The number of benzene rings is 2. The van der Waals surface area contributed by atoms with E-state index in [1.807, 2.05) is 24.3 Å². The van der Waals surface area contributed by atoms with Crippen LogP contribution in [0.5, 0.6) is 11.5 Å². The number of rotatable bonds is 2. The number of carbonyl (C=O) groups excluding carboxylic acids is 1. The highest BCUT2D eigenvalue weighted by Gasteiger charge is 2.41. The molecular formula is C22H21N3O5. The van der Waals surface area contributed by atoms with Gasteiger partial charge in [-0.25, -0.2) is 0 Å². The summed E-state index contributed by atoms with van der Waals surface area (Å²) in [7, 11) is 0. The Morgan fingerprint density at radius 1 is 1.10 bits per heavy atom. The van der Waals surface area contributed by atoms with Crippen molar-refractivity contribution in [3.63, 3.8) is 0 Å². The first-order valence-electron chi connectivity index (χ1n) is 9.79. The average molecular weight is 407 g/mol. The van der Waals surface area contributed by atoms with Gasteiger partial charge in [0.15, 0.2) is 17.3 Å². The van der Waals surface area contributed by atoms with E-state index in [4.69, 9.17) is 9.47 Å². The minimum atomic E-state index is -0.686. The smallest absolute Gasteiger partial charge is 0.279 e. The first kappa shape index (κ1) is 18.5. The molecule has 30 heavy (non-hydrogen) atoms. The largest absolute Gasteiger partial charge is 0.454 e. The van der Waals surface area contributed by atoms with Crippen LogP contribution in [0.2, 0.25) is 0 Å². The number of nitrogens with zero attached hydrogens (tertiary/aromatic N) is 1. The number of Topliss-reactive ketones (excluding diaryl/α,β-unsaturated/α-hetero) is 1. The lowest BCUT2D eigenvalue weighted by Crippen LogP contribution is -2.31. The number of ether oxygens (including phenoxy) is 2. The topological polar surface area (TPSA) is 103 Å². The fourth-order valence-corrected chi connectivity index (χ4v) is 4.46. The fourth-order valence-electron chi connectivity index (χ4n) is 4.46. The highest BCUT2D eigenvalue weighted by Crippen LogP contribution is 2.49. The third kappa shape index (κ3) is 2.96. The van der Waals surface area contributed by atoms with Gasteiger partial charge >= 0.3 is 0 Å². The molecule has 0 spiro atoms. The predicted molar refractivity (Wildman–Crippen MR) is 111 cm³/mol. The van der Waals surface area contributed by atoms with Gasteiger partial charge in [-0.05, 0) is 30.0 Å². The van der Waals surface area contributed by atoms with Gasteiger partial charge in [0.25, 0.3) is 5.69 Å². The number of nitro groups is 1. The summed E-state index contributed by atoms with van der Waals surface area (Å²) in [6.45, 7) is 4.12. The lowest BCUT2D eigenvalue weighted by Gasteiger charge is -2.34. The number of carbonyl (C=O) groups is 1. The molecule has 8 heteroatoms. The number of ketones is 1. The maximum atomic E-state index is 13.3. The quantitative estimate of drug-likeness (QED) is 0.556. The SMILES string of the molecule is CC1(C)CC(=O)C2=C(C1)Nc1ccccc1NC2c1cc2c(cc1[N+](=O)[O-])OCO2. The van der Waals surface area contributed by atoms with Crippen LogP contribution in [-0.2, 0) is 4.79 Å². The van der Waals surface area contributed by atoms with Crippen LogP contribution in [-0.4, -0.2) is 17.5 Å². The van der Waals surface area contributed by atoms with Crippen LogP contribution in [0.1, 0.15) is 38.3 Å². The molecule has 0 saturated carbocycles. The van der Waals surface area contributed by atoms with E-state index in [0.717, 1.165) is 17.1 Å². The molecule has 0 bridgehead atoms. The molecule has 1 atom stereocenters. The normalized spacial score (nSPS) is 21.1. The molecule has 2 N–H and O–H groups in total. The standard InChI is InChI=1S/C22H21N3O5/c1-22(2)9-15-20(17(26)10-22)21(24-14-6-4-3-5-13(14)23-15)12-7-18-19(30-11-29-18)8-16(12)25(27)28/h3-8,21,23-24H,9-11H2,1-2H3. The molecule has 0 radical (unpaired) electrons. The van der Waals surface area contributed by atoms with Gasteiger partial charge in [-0.3, -0.25) is 14.9 Å². The van der Waals surface area contributed by atoms with Crippen LogP contribution < -0.4 is 20.1 Å². The van der Waals surface area contributed by atoms with Crippen molar-refractivity contribution in [1.82, 2.24) is 0 Å². The van der Waals surface area contributed by atoms with Crippen LogP contribution in [0, 0.1) is 15.5 Å². The molecule has 2 aliphatic heterocycles. The van der Waals surface area contributed by atoms with Gasteiger partial charge in [-0.2, -0.15) is 0 Å². The Kier molecular flexibility index (Phi) is 3.99. The van der Waals surface area contributed by atoms with E-state index < -0.39 is 11.0 Å². The van der Waals surface area contributed by atoms with E-state index in [9.17, 15) is 14.9 Å². The number of allylic oxidation sites excluding steroid dienone is 1. The summed E-state index contributed by atoms with van der Waals surface area (Å²) >= 11 is 0. The second-order valence-electron chi connectivity index (χ2n) is 8.60. The molecule has 8 nitrogen and oxygen atoms in total. The van der Waals surface area contributed by atoms with Crippen LogP contribution >= 0.6 is 0 Å². The number of nitro benzene ring substituents is 1. The number of hydrogen-bond acceptors (Lipinski definition) is 7. The summed E-state index contributed by atoms with van der Waals surface area (Å²) < 4.78 is 10.8.